The monoisotopic (exact) mass is 185 g/mol. The van der Waals surface area contributed by atoms with E-state index >= 15 is 0 Å². The summed E-state index contributed by atoms with van der Waals surface area (Å²) in [5.74, 6) is 0.305. The Morgan fingerprint density at radius 3 is 2.50 bits per heavy atom. The molecular weight excluding hydrogens is 174 g/mol. The van der Waals surface area contributed by atoms with Crippen molar-refractivity contribution in [1.82, 2.24) is 0 Å². The van der Waals surface area contributed by atoms with E-state index in [9.17, 15) is 0 Å². The molecule has 12 heavy (non-hydrogen) atoms. The van der Waals surface area contributed by atoms with E-state index in [1.165, 1.54) is 0 Å². The molecule has 1 fully saturated rings. The van der Waals surface area contributed by atoms with E-state index in [1.807, 2.05) is 12.1 Å². The number of phenolic OH excluding ortho intramolecular Hbond substituents is 1. The highest BCUT2D eigenvalue weighted by Gasteiger charge is 2.39. The molecule has 2 nitrogen and oxygen atoms in total. The summed E-state index contributed by atoms with van der Waals surface area (Å²) in [6.07, 6.45) is 2.08. The summed E-state index contributed by atoms with van der Waals surface area (Å²) in [5.41, 5.74) is 6.85. The molecule has 1 aromatic carbocycles. The van der Waals surface area contributed by atoms with Gasteiger partial charge in [0.2, 0.25) is 0 Å². The van der Waals surface area contributed by atoms with Crippen molar-refractivity contribution < 1.29 is 5.11 Å². The average Bonchev–Trinajstić information content (AvgIpc) is 2.70. The van der Waals surface area contributed by atoms with Crippen LogP contribution in [0.2, 0.25) is 0 Å². The molecule has 2 rings (SSSR count). The van der Waals surface area contributed by atoms with Gasteiger partial charge in [0, 0.05) is 5.54 Å². The molecular formula is C9H12ClNO. The van der Waals surface area contributed by atoms with Gasteiger partial charge in [-0.15, -0.1) is 12.4 Å². The lowest BCUT2D eigenvalue weighted by Gasteiger charge is -2.07. The highest BCUT2D eigenvalue weighted by Crippen LogP contribution is 2.43. The van der Waals surface area contributed by atoms with Crippen LogP contribution in [-0.2, 0) is 5.54 Å². The Labute approximate surface area is 77.8 Å². The first kappa shape index (κ1) is 9.36. The van der Waals surface area contributed by atoms with E-state index in [1.54, 1.807) is 12.1 Å². The molecule has 0 unspecified atom stereocenters. The zero-order valence-corrected chi connectivity index (χ0v) is 7.47. The summed E-state index contributed by atoms with van der Waals surface area (Å²) in [7, 11) is 0. The van der Waals surface area contributed by atoms with Gasteiger partial charge in [-0.25, -0.2) is 0 Å². The highest BCUT2D eigenvalue weighted by atomic mass is 35.5. The van der Waals surface area contributed by atoms with E-state index in [-0.39, 0.29) is 17.9 Å². The second-order valence-electron chi connectivity index (χ2n) is 3.21. The van der Waals surface area contributed by atoms with Crippen LogP contribution < -0.4 is 5.73 Å². The molecule has 1 saturated carbocycles. The van der Waals surface area contributed by atoms with Gasteiger partial charge in [0.15, 0.2) is 0 Å². The second-order valence-corrected chi connectivity index (χ2v) is 3.21. The minimum atomic E-state index is -0.126. The molecule has 0 saturated heterocycles. The third kappa shape index (κ3) is 1.54. The van der Waals surface area contributed by atoms with Crippen molar-refractivity contribution >= 4 is 12.4 Å². The quantitative estimate of drug-likeness (QED) is 0.701. The number of halogens is 1. The molecule has 0 atom stereocenters. The number of hydrogen-bond donors (Lipinski definition) is 2. The van der Waals surface area contributed by atoms with Crippen molar-refractivity contribution in [3.8, 4) is 5.75 Å². The van der Waals surface area contributed by atoms with Gasteiger partial charge in [-0.2, -0.15) is 0 Å². The molecule has 0 aliphatic heterocycles. The van der Waals surface area contributed by atoms with Gasteiger partial charge in [0.25, 0.3) is 0 Å². The van der Waals surface area contributed by atoms with Crippen LogP contribution in [0.5, 0.6) is 5.75 Å². The van der Waals surface area contributed by atoms with E-state index in [4.69, 9.17) is 10.8 Å². The van der Waals surface area contributed by atoms with Gasteiger partial charge < -0.3 is 10.8 Å². The zero-order chi connectivity index (χ0) is 7.90. The molecule has 3 heteroatoms. The van der Waals surface area contributed by atoms with Crippen LogP contribution in [0.25, 0.3) is 0 Å². The van der Waals surface area contributed by atoms with Gasteiger partial charge in [0.05, 0.1) is 0 Å². The van der Waals surface area contributed by atoms with Gasteiger partial charge in [-0.05, 0) is 30.5 Å². The summed E-state index contributed by atoms with van der Waals surface area (Å²) in [6, 6.07) is 7.20. The molecule has 0 aromatic heterocycles. The molecule has 0 amide bonds. The maximum atomic E-state index is 9.15. The Kier molecular flexibility index (Phi) is 2.31. The standard InChI is InChI=1S/C9H11NO.ClH/c10-9(4-5-9)7-2-1-3-8(11)6-7;/h1-3,6,11H,4-5,10H2;1H. The Bertz CT molecular complexity index is 284. The molecule has 0 radical (unpaired) electrons. The van der Waals surface area contributed by atoms with E-state index in [0.29, 0.717) is 5.75 Å². The summed E-state index contributed by atoms with van der Waals surface area (Å²) in [5, 5.41) is 9.15. The molecule has 0 heterocycles. The number of nitrogens with two attached hydrogens (primary N) is 1. The molecule has 66 valence electrons. The Morgan fingerprint density at radius 2 is 2.00 bits per heavy atom. The zero-order valence-electron chi connectivity index (χ0n) is 6.66. The number of aromatic hydroxyl groups is 1. The Balaban J connectivity index is 0.000000720. The lowest BCUT2D eigenvalue weighted by atomic mass is 10.1. The SMILES string of the molecule is Cl.NC1(c2cccc(O)c2)CC1. The summed E-state index contributed by atoms with van der Waals surface area (Å²) in [6.45, 7) is 0. The van der Waals surface area contributed by atoms with Gasteiger partial charge in [-0.1, -0.05) is 12.1 Å². The maximum Gasteiger partial charge on any atom is 0.115 e. The number of hydrogen-bond acceptors (Lipinski definition) is 2. The third-order valence-corrected chi connectivity index (χ3v) is 2.21. The highest BCUT2D eigenvalue weighted by molar-refractivity contribution is 5.85. The summed E-state index contributed by atoms with van der Waals surface area (Å²) in [4.78, 5) is 0. The van der Waals surface area contributed by atoms with E-state index < -0.39 is 0 Å². The van der Waals surface area contributed by atoms with Crippen LogP contribution in [0.4, 0.5) is 0 Å². The third-order valence-electron chi connectivity index (χ3n) is 2.21. The van der Waals surface area contributed by atoms with Crippen molar-refractivity contribution in [2.45, 2.75) is 18.4 Å². The van der Waals surface area contributed by atoms with Crippen LogP contribution in [-0.4, -0.2) is 5.11 Å². The Hall–Kier alpha value is -0.730. The molecule has 1 aliphatic carbocycles. The lowest BCUT2D eigenvalue weighted by molar-refractivity contribution is 0.473. The van der Waals surface area contributed by atoms with E-state index in [2.05, 4.69) is 0 Å². The van der Waals surface area contributed by atoms with Crippen molar-refractivity contribution in [3.63, 3.8) is 0 Å². The molecule has 1 aromatic rings. The van der Waals surface area contributed by atoms with Crippen LogP contribution in [0.3, 0.4) is 0 Å². The van der Waals surface area contributed by atoms with Crippen molar-refractivity contribution in [2.24, 2.45) is 5.73 Å². The van der Waals surface area contributed by atoms with E-state index in [0.717, 1.165) is 18.4 Å². The molecule has 3 N–H and O–H groups in total. The number of benzene rings is 1. The first-order valence-corrected chi connectivity index (χ1v) is 3.79. The molecule has 0 spiro atoms. The molecule has 0 bridgehead atoms. The van der Waals surface area contributed by atoms with Crippen LogP contribution in [0, 0.1) is 0 Å². The van der Waals surface area contributed by atoms with Gasteiger partial charge in [-0.3, -0.25) is 0 Å². The summed E-state index contributed by atoms with van der Waals surface area (Å²) < 4.78 is 0. The Morgan fingerprint density at radius 1 is 1.33 bits per heavy atom. The normalized spacial score (nSPS) is 18.1. The first-order valence-electron chi connectivity index (χ1n) is 3.79. The summed E-state index contributed by atoms with van der Waals surface area (Å²) >= 11 is 0. The predicted molar refractivity (Wildman–Crippen MR) is 50.5 cm³/mol. The lowest BCUT2D eigenvalue weighted by Crippen LogP contribution is -2.18. The smallest absolute Gasteiger partial charge is 0.115 e. The number of phenols is 1. The van der Waals surface area contributed by atoms with Crippen LogP contribution in [0.15, 0.2) is 24.3 Å². The average molecular weight is 186 g/mol. The second kappa shape index (κ2) is 2.96. The largest absolute Gasteiger partial charge is 0.508 e. The fraction of sp³-hybridized carbons (Fsp3) is 0.333. The predicted octanol–water partition coefficient (Wildman–Crippen LogP) is 1.76. The first-order chi connectivity index (χ1) is 5.21. The topological polar surface area (TPSA) is 46.2 Å². The fourth-order valence-corrected chi connectivity index (χ4v) is 1.24. The fourth-order valence-electron chi connectivity index (χ4n) is 1.24. The minimum Gasteiger partial charge on any atom is -0.508 e. The maximum absolute atomic E-state index is 9.15. The van der Waals surface area contributed by atoms with Crippen LogP contribution >= 0.6 is 12.4 Å². The van der Waals surface area contributed by atoms with Crippen molar-refractivity contribution in [2.75, 3.05) is 0 Å². The number of rotatable bonds is 1. The molecule has 1 aliphatic rings. The van der Waals surface area contributed by atoms with Crippen LogP contribution in [0.1, 0.15) is 18.4 Å². The minimum absolute atomic E-state index is 0. The van der Waals surface area contributed by atoms with Gasteiger partial charge in [0.1, 0.15) is 5.75 Å². The van der Waals surface area contributed by atoms with Crippen molar-refractivity contribution in [1.29, 1.82) is 0 Å². The van der Waals surface area contributed by atoms with Gasteiger partial charge >= 0.3 is 0 Å². The van der Waals surface area contributed by atoms with Crippen molar-refractivity contribution in [3.05, 3.63) is 29.8 Å².